The van der Waals surface area contributed by atoms with E-state index in [0.717, 1.165) is 31.6 Å². The standard InChI is InChI=1S/C15H22N2O/c1-11(2)10-17(3)15(18)13-5-4-12-6-7-16-9-14(12)8-13/h4-5,8,11,16H,6-7,9-10H2,1-3H3. The molecule has 1 heterocycles. The second-order valence-corrected chi connectivity index (χ2v) is 5.49. The number of carbonyl (C=O) groups is 1. The summed E-state index contributed by atoms with van der Waals surface area (Å²) in [4.78, 5) is 14.1. The highest BCUT2D eigenvalue weighted by molar-refractivity contribution is 5.94. The Morgan fingerprint density at radius 1 is 1.39 bits per heavy atom. The number of amides is 1. The molecule has 0 spiro atoms. The van der Waals surface area contributed by atoms with Gasteiger partial charge in [-0.1, -0.05) is 19.9 Å². The molecule has 1 aromatic rings. The highest BCUT2D eigenvalue weighted by Gasteiger charge is 2.15. The fourth-order valence-corrected chi connectivity index (χ4v) is 2.46. The number of carbonyl (C=O) groups excluding carboxylic acids is 1. The monoisotopic (exact) mass is 246 g/mol. The van der Waals surface area contributed by atoms with Crippen LogP contribution in [0.3, 0.4) is 0 Å². The summed E-state index contributed by atoms with van der Waals surface area (Å²) in [5.74, 6) is 0.621. The van der Waals surface area contributed by atoms with E-state index in [4.69, 9.17) is 0 Å². The molecule has 0 unspecified atom stereocenters. The number of hydrogen-bond acceptors (Lipinski definition) is 2. The molecule has 3 heteroatoms. The average molecular weight is 246 g/mol. The van der Waals surface area contributed by atoms with Crippen molar-refractivity contribution in [3.05, 3.63) is 34.9 Å². The van der Waals surface area contributed by atoms with Gasteiger partial charge in [-0.2, -0.15) is 0 Å². The van der Waals surface area contributed by atoms with Crippen LogP contribution in [-0.2, 0) is 13.0 Å². The van der Waals surface area contributed by atoms with Crippen LogP contribution in [0, 0.1) is 5.92 Å². The Morgan fingerprint density at radius 2 is 2.17 bits per heavy atom. The van der Waals surface area contributed by atoms with Gasteiger partial charge < -0.3 is 10.2 Å². The fraction of sp³-hybridized carbons (Fsp3) is 0.533. The maximum absolute atomic E-state index is 12.3. The van der Waals surface area contributed by atoms with Crippen LogP contribution in [0.1, 0.15) is 35.3 Å². The van der Waals surface area contributed by atoms with Crippen LogP contribution >= 0.6 is 0 Å². The van der Waals surface area contributed by atoms with Crippen molar-refractivity contribution in [3.63, 3.8) is 0 Å². The molecule has 1 aliphatic rings. The molecular formula is C15H22N2O. The van der Waals surface area contributed by atoms with Crippen LogP contribution in [0.4, 0.5) is 0 Å². The van der Waals surface area contributed by atoms with Gasteiger partial charge in [0.25, 0.3) is 5.91 Å². The lowest BCUT2D eigenvalue weighted by atomic mass is 9.98. The van der Waals surface area contributed by atoms with Gasteiger partial charge in [-0.25, -0.2) is 0 Å². The molecule has 0 radical (unpaired) electrons. The Labute approximate surface area is 109 Å². The fourth-order valence-electron chi connectivity index (χ4n) is 2.46. The smallest absolute Gasteiger partial charge is 0.253 e. The van der Waals surface area contributed by atoms with Gasteiger partial charge in [-0.3, -0.25) is 4.79 Å². The summed E-state index contributed by atoms with van der Waals surface area (Å²) in [6.45, 7) is 6.97. The van der Waals surface area contributed by atoms with Crippen molar-refractivity contribution in [2.24, 2.45) is 5.92 Å². The lowest BCUT2D eigenvalue weighted by Gasteiger charge is -2.21. The topological polar surface area (TPSA) is 32.3 Å². The molecule has 0 aliphatic carbocycles. The highest BCUT2D eigenvalue weighted by atomic mass is 16.2. The first kappa shape index (κ1) is 13.1. The maximum atomic E-state index is 12.3. The third kappa shape index (κ3) is 2.91. The zero-order valence-corrected chi connectivity index (χ0v) is 11.5. The van der Waals surface area contributed by atoms with Crippen molar-refractivity contribution in [1.82, 2.24) is 10.2 Å². The van der Waals surface area contributed by atoms with E-state index >= 15 is 0 Å². The molecular weight excluding hydrogens is 224 g/mol. The lowest BCUT2D eigenvalue weighted by Crippen LogP contribution is -2.31. The van der Waals surface area contributed by atoms with Gasteiger partial charge in [0.05, 0.1) is 0 Å². The molecule has 1 N–H and O–H groups in total. The zero-order chi connectivity index (χ0) is 13.1. The Bertz CT molecular complexity index is 440. The molecule has 0 fully saturated rings. The van der Waals surface area contributed by atoms with E-state index in [2.05, 4.69) is 25.2 Å². The molecule has 1 aromatic carbocycles. The van der Waals surface area contributed by atoms with Crippen LogP contribution in [-0.4, -0.2) is 30.9 Å². The van der Waals surface area contributed by atoms with Gasteiger partial charge in [0, 0.05) is 25.7 Å². The lowest BCUT2D eigenvalue weighted by molar-refractivity contribution is 0.0779. The number of nitrogens with one attached hydrogen (secondary N) is 1. The molecule has 0 bridgehead atoms. The predicted molar refractivity (Wildman–Crippen MR) is 73.7 cm³/mol. The summed E-state index contributed by atoms with van der Waals surface area (Å²) in [5, 5.41) is 3.34. The Hall–Kier alpha value is -1.35. The number of nitrogens with zero attached hydrogens (tertiary/aromatic N) is 1. The summed E-state index contributed by atoms with van der Waals surface area (Å²) in [6, 6.07) is 6.11. The van der Waals surface area contributed by atoms with Gasteiger partial charge in [-0.15, -0.1) is 0 Å². The van der Waals surface area contributed by atoms with Crippen LogP contribution in [0.25, 0.3) is 0 Å². The Kier molecular flexibility index (Phi) is 4.02. The van der Waals surface area contributed by atoms with E-state index < -0.39 is 0 Å². The Morgan fingerprint density at radius 3 is 2.89 bits per heavy atom. The molecule has 1 amide bonds. The number of hydrogen-bond donors (Lipinski definition) is 1. The molecule has 0 saturated heterocycles. The molecule has 0 saturated carbocycles. The first-order chi connectivity index (χ1) is 8.58. The summed E-state index contributed by atoms with van der Waals surface area (Å²) in [7, 11) is 1.88. The maximum Gasteiger partial charge on any atom is 0.253 e. The van der Waals surface area contributed by atoms with Crippen LogP contribution < -0.4 is 5.32 Å². The first-order valence-corrected chi connectivity index (χ1v) is 6.66. The van der Waals surface area contributed by atoms with Crippen LogP contribution in [0.2, 0.25) is 0 Å². The third-order valence-electron chi connectivity index (χ3n) is 3.33. The summed E-state index contributed by atoms with van der Waals surface area (Å²) in [5.41, 5.74) is 3.45. The largest absolute Gasteiger partial charge is 0.341 e. The van der Waals surface area contributed by atoms with E-state index in [-0.39, 0.29) is 5.91 Å². The summed E-state index contributed by atoms with van der Waals surface area (Å²) < 4.78 is 0. The van der Waals surface area contributed by atoms with E-state index in [9.17, 15) is 4.79 Å². The van der Waals surface area contributed by atoms with E-state index in [1.165, 1.54) is 11.1 Å². The minimum Gasteiger partial charge on any atom is -0.341 e. The SMILES string of the molecule is CC(C)CN(C)C(=O)c1ccc2c(c1)CNCC2. The van der Waals surface area contributed by atoms with Gasteiger partial charge in [0.2, 0.25) is 0 Å². The van der Waals surface area contributed by atoms with Crippen molar-refractivity contribution >= 4 is 5.91 Å². The molecule has 3 nitrogen and oxygen atoms in total. The van der Waals surface area contributed by atoms with Crippen LogP contribution in [0.15, 0.2) is 18.2 Å². The molecule has 98 valence electrons. The van der Waals surface area contributed by atoms with Crippen molar-refractivity contribution < 1.29 is 4.79 Å². The molecule has 2 rings (SSSR count). The quantitative estimate of drug-likeness (QED) is 0.885. The minimum absolute atomic E-state index is 0.122. The van der Waals surface area contributed by atoms with Gasteiger partial charge >= 0.3 is 0 Å². The van der Waals surface area contributed by atoms with E-state index in [1.807, 2.05) is 24.1 Å². The van der Waals surface area contributed by atoms with Crippen molar-refractivity contribution in [3.8, 4) is 0 Å². The van der Waals surface area contributed by atoms with Crippen molar-refractivity contribution in [2.45, 2.75) is 26.8 Å². The molecule has 0 aromatic heterocycles. The van der Waals surface area contributed by atoms with E-state index in [1.54, 1.807) is 0 Å². The minimum atomic E-state index is 0.122. The molecule has 18 heavy (non-hydrogen) atoms. The van der Waals surface area contributed by atoms with Gasteiger partial charge in [0.15, 0.2) is 0 Å². The molecule has 1 aliphatic heterocycles. The second-order valence-electron chi connectivity index (χ2n) is 5.49. The zero-order valence-electron chi connectivity index (χ0n) is 11.5. The normalized spacial score (nSPS) is 14.4. The third-order valence-corrected chi connectivity index (χ3v) is 3.33. The average Bonchev–Trinajstić information content (AvgIpc) is 2.36. The number of fused-ring (bicyclic) bond motifs is 1. The number of benzene rings is 1. The predicted octanol–water partition coefficient (Wildman–Crippen LogP) is 2.06. The summed E-state index contributed by atoms with van der Waals surface area (Å²) in [6.07, 6.45) is 1.06. The van der Waals surface area contributed by atoms with E-state index in [0.29, 0.717) is 5.92 Å². The Balaban J connectivity index is 2.15. The van der Waals surface area contributed by atoms with Crippen molar-refractivity contribution in [1.29, 1.82) is 0 Å². The summed E-state index contributed by atoms with van der Waals surface area (Å²) >= 11 is 0. The number of rotatable bonds is 3. The van der Waals surface area contributed by atoms with Gasteiger partial charge in [-0.05, 0) is 42.1 Å². The highest BCUT2D eigenvalue weighted by Crippen LogP contribution is 2.17. The molecule has 0 atom stereocenters. The second kappa shape index (κ2) is 5.53. The van der Waals surface area contributed by atoms with Gasteiger partial charge in [0.1, 0.15) is 0 Å². The van der Waals surface area contributed by atoms with Crippen LogP contribution in [0.5, 0.6) is 0 Å². The first-order valence-electron chi connectivity index (χ1n) is 6.66. The van der Waals surface area contributed by atoms with Crippen molar-refractivity contribution in [2.75, 3.05) is 20.1 Å².